The van der Waals surface area contributed by atoms with Crippen LogP contribution in [0, 0.1) is 5.92 Å². The molecule has 1 amide bonds. The Bertz CT molecular complexity index is 894. The molecule has 0 saturated carbocycles. The van der Waals surface area contributed by atoms with Crippen LogP contribution in [0.1, 0.15) is 18.5 Å². The van der Waals surface area contributed by atoms with Crippen molar-refractivity contribution in [1.29, 1.82) is 0 Å². The summed E-state index contributed by atoms with van der Waals surface area (Å²) in [6.07, 6.45) is 0. The molecule has 0 spiro atoms. The Morgan fingerprint density at radius 2 is 1.62 bits per heavy atom. The van der Waals surface area contributed by atoms with Gasteiger partial charge >= 0.3 is 0 Å². The summed E-state index contributed by atoms with van der Waals surface area (Å²) < 4.78 is 5.84. The van der Waals surface area contributed by atoms with Crippen LogP contribution in [0.25, 0.3) is 11.1 Å². The van der Waals surface area contributed by atoms with Gasteiger partial charge in [-0.3, -0.25) is 4.79 Å². The molecule has 2 unspecified atom stereocenters. The lowest BCUT2D eigenvalue weighted by atomic mass is 9.94. The molecule has 29 heavy (non-hydrogen) atoms. The molecular formula is C21H26Cl2N4O2. The van der Waals surface area contributed by atoms with E-state index in [-0.39, 0.29) is 42.7 Å². The summed E-state index contributed by atoms with van der Waals surface area (Å²) in [4.78, 5) is 21.4. The minimum absolute atomic E-state index is 0. The van der Waals surface area contributed by atoms with Crippen molar-refractivity contribution in [2.45, 2.75) is 13.0 Å². The van der Waals surface area contributed by atoms with Crippen molar-refractivity contribution < 1.29 is 9.21 Å². The monoisotopic (exact) mass is 436 g/mol. The standard InChI is InChI=1S/C21H24N4O2.2ClH/c1-15(19(22)16-7-3-2-4-8-16)20(26)24-11-13-25(14-12-24)21-23-17-9-5-6-10-18(17)27-21;;/h2-10,15,19H,11-14,22H2,1H3;2*1H. The summed E-state index contributed by atoms with van der Waals surface area (Å²) in [5.74, 6) is -0.160. The van der Waals surface area contributed by atoms with Gasteiger partial charge in [0.25, 0.3) is 6.01 Å². The quantitative estimate of drug-likeness (QED) is 0.675. The molecule has 0 bridgehead atoms. The molecule has 8 heteroatoms. The third-order valence-electron chi connectivity index (χ3n) is 5.26. The van der Waals surface area contributed by atoms with Crippen LogP contribution < -0.4 is 10.6 Å². The van der Waals surface area contributed by atoms with Crippen molar-refractivity contribution >= 4 is 47.8 Å². The van der Waals surface area contributed by atoms with Gasteiger partial charge in [0.1, 0.15) is 5.52 Å². The van der Waals surface area contributed by atoms with Crippen LogP contribution in [0.15, 0.2) is 59.0 Å². The van der Waals surface area contributed by atoms with Gasteiger partial charge in [-0.2, -0.15) is 4.98 Å². The van der Waals surface area contributed by atoms with Crippen LogP contribution in [0.5, 0.6) is 0 Å². The average molecular weight is 437 g/mol. The van der Waals surface area contributed by atoms with Crippen molar-refractivity contribution in [3.8, 4) is 0 Å². The first-order valence-corrected chi connectivity index (χ1v) is 9.33. The van der Waals surface area contributed by atoms with E-state index in [0.717, 1.165) is 16.7 Å². The van der Waals surface area contributed by atoms with Crippen LogP contribution in [0.3, 0.4) is 0 Å². The number of carbonyl (C=O) groups excluding carboxylic acids is 1. The number of hydrogen-bond acceptors (Lipinski definition) is 5. The highest BCUT2D eigenvalue weighted by Gasteiger charge is 2.30. The zero-order valence-electron chi connectivity index (χ0n) is 16.2. The molecule has 2 atom stereocenters. The molecule has 3 aromatic rings. The Morgan fingerprint density at radius 3 is 2.28 bits per heavy atom. The van der Waals surface area contributed by atoms with E-state index in [9.17, 15) is 4.79 Å². The van der Waals surface area contributed by atoms with E-state index in [1.807, 2.05) is 66.4 Å². The van der Waals surface area contributed by atoms with E-state index in [4.69, 9.17) is 10.2 Å². The molecule has 1 saturated heterocycles. The lowest BCUT2D eigenvalue weighted by Crippen LogP contribution is -2.51. The predicted octanol–water partition coefficient (Wildman–Crippen LogP) is 3.66. The molecule has 156 valence electrons. The number of rotatable bonds is 4. The highest BCUT2D eigenvalue weighted by molar-refractivity contribution is 5.85. The third kappa shape index (κ3) is 4.83. The predicted molar refractivity (Wildman–Crippen MR) is 120 cm³/mol. The maximum absolute atomic E-state index is 12.9. The summed E-state index contributed by atoms with van der Waals surface area (Å²) >= 11 is 0. The van der Waals surface area contributed by atoms with Crippen molar-refractivity contribution in [2.24, 2.45) is 11.7 Å². The first kappa shape index (κ1) is 23.0. The fourth-order valence-electron chi connectivity index (χ4n) is 3.52. The van der Waals surface area contributed by atoms with Gasteiger partial charge < -0.3 is 20.0 Å². The van der Waals surface area contributed by atoms with Crippen LogP contribution in [0.2, 0.25) is 0 Å². The van der Waals surface area contributed by atoms with E-state index in [1.165, 1.54) is 0 Å². The number of halogens is 2. The maximum atomic E-state index is 12.9. The highest BCUT2D eigenvalue weighted by atomic mass is 35.5. The zero-order valence-corrected chi connectivity index (χ0v) is 17.9. The van der Waals surface area contributed by atoms with Crippen molar-refractivity contribution in [3.05, 3.63) is 60.2 Å². The smallest absolute Gasteiger partial charge is 0.298 e. The maximum Gasteiger partial charge on any atom is 0.298 e. The van der Waals surface area contributed by atoms with Gasteiger partial charge in [-0.15, -0.1) is 24.8 Å². The Morgan fingerprint density at radius 1 is 1.00 bits per heavy atom. The first-order chi connectivity index (χ1) is 13.1. The molecule has 2 heterocycles. The van der Waals surface area contributed by atoms with Gasteiger partial charge in [0.15, 0.2) is 5.58 Å². The number of piperazine rings is 1. The first-order valence-electron chi connectivity index (χ1n) is 9.33. The number of nitrogens with zero attached hydrogens (tertiary/aromatic N) is 3. The van der Waals surface area contributed by atoms with Crippen LogP contribution in [-0.2, 0) is 4.79 Å². The fraction of sp³-hybridized carbons (Fsp3) is 0.333. The number of oxazole rings is 1. The van der Waals surface area contributed by atoms with E-state index < -0.39 is 0 Å². The summed E-state index contributed by atoms with van der Waals surface area (Å²) in [5, 5.41) is 0. The van der Waals surface area contributed by atoms with Gasteiger partial charge in [0.05, 0.1) is 5.92 Å². The molecular weight excluding hydrogens is 411 g/mol. The number of aromatic nitrogens is 1. The second-order valence-electron chi connectivity index (χ2n) is 7.00. The summed E-state index contributed by atoms with van der Waals surface area (Å²) in [6.45, 7) is 4.59. The third-order valence-corrected chi connectivity index (χ3v) is 5.26. The van der Waals surface area contributed by atoms with Gasteiger partial charge in [-0.1, -0.05) is 49.4 Å². The van der Waals surface area contributed by atoms with Gasteiger partial charge in [-0.25, -0.2) is 0 Å². The van der Waals surface area contributed by atoms with Crippen molar-refractivity contribution in [2.75, 3.05) is 31.1 Å². The molecule has 2 N–H and O–H groups in total. The number of benzene rings is 2. The number of anilines is 1. The molecule has 6 nitrogen and oxygen atoms in total. The van der Waals surface area contributed by atoms with Crippen molar-refractivity contribution in [3.63, 3.8) is 0 Å². The van der Waals surface area contributed by atoms with E-state index in [2.05, 4.69) is 9.88 Å². The number of hydrogen-bond donors (Lipinski definition) is 1. The number of nitrogens with two attached hydrogens (primary N) is 1. The lowest BCUT2D eigenvalue weighted by molar-refractivity contribution is -0.136. The van der Waals surface area contributed by atoms with Crippen LogP contribution in [0.4, 0.5) is 6.01 Å². The minimum Gasteiger partial charge on any atom is -0.423 e. The van der Waals surface area contributed by atoms with Crippen LogP contribution in [-0.4, -0.2) is 42.0 Å². The lowest BCUT2D eigenvalue weighted by Gasteiger charge is -2.36. The molecule has 1 aromatic heterocycles. The largest absolute Gasteiger partial charge is 0.423 e. The summed E-state index contributed by atoms with van der Waals surface area (Å²) in [7, 11) is 0. The second-order valence-corrected chi connectivity index (χ2v) is 7.00. The van der Waals surface area contributed by atoms with Crippen molar-refractivity contribution in [1.82, 2.24) is 9.88 Å². The SMILES string of the molecule is CC(C(=O)N1CCN(c2nc3ccccc3o2)CC1)C(N)c1ccccc1.Cl.Cl. The molecule has 0 aliphatic carbocycles. The minimum atomic E-state index is -0.297. The molecule has 1 fully saturated rings. The molecule has 2 aromatic carbocycles. The Balaban J connectivity index is 0.00000150. The molecule has 4 rings (SSSR count). The van der Waals surface area contributed by atoms with Crippen LogP contribution >= 0.6 is 24.8 Å². The normalized spacial score (nSPS) is 15.9. The summed E-state index contributed by atoms with van der Waals surface area (Å²) in [5.41, 5.74) is 8.95. The van der Waals surface area contributed by atoms with Gasteiger partial charge in [0.2, 0.25) is 5.91 Å². The zero-order chi connectivity index (χ0) is 18.8. The van der Waals surface area contributed by atoms with E-state index >= 15 is 0 Å². The number of fused-ring (bicyclic) bond motifs is 1. The number of amides is 1. The number of carbonyl (C=O) groups is 1. The molecule has 0 radical (unpaired) electrons. The highest BCUT2D eigenvalue weighted by Crippen LogP contribution is 2.24. The average Bonchev–Trinajstić information content (AvgIpc) is 3.17. The Labute approximate surface area is 182 Å². The molecule has 1 aliphatic heterocycles. The van der Waals surface area contributed by atoms with E-state index in [1.54, 1.807) is 0 Å². The Kier molecular flexibility index (Phi) is 7.90. The Hall–Kier alpha value is -2.28. The van der Waals surface area contributed by atoms with E-state index in [0.29, 0.717) is 32.2 Å². The second kappa shape index (κ2) is 9.96. The van der Waals surface area contributed by atoms with Gasteiger partial charge in [-0.05, 0) is 17.7 Å². The molecule has 1 aliphatic rings. The number of para-hydroxylation sites is 2. The summed E-state index contributed by atoms with van der Waals surface area (Å²) in [6, 6.07) is 17.9. The fourth-order valence-corrected chi connectivity index (χ4v) is 3.52. The van der Waals surface area contributed by atoms with Gasteiger partial charge in [0, 0.05) is 32.2 Å². The topological polar surface area (TPSA) is 75.6 Å².